The predicted octanol–water partition coefficient (Wildman–Crippen LogP) is 2.27. The molecule has 0 unspecified atom stereocenters. The van der Waals surface area contributed by atoms with Gasteiger partial charge in [0.15, 0.2) is 0 Å². The Bertz CT molecular complexity index is 172. The van der Waals surface area contributed by atoms with E-state index in [0.717, 1.165) is 17.9 Å². The van der Waals surface area contributed by atoms with Crippen LogP contribution in [0.4, 0.5) is 0 Å². The van der Waals surface area contributed by atoms with Gasteiger partial charge in [0.1, 0.15) is 0 Å². The van der Waals surface area contributed by atoms with Gasteiger partial charge in [0.25, 0.3) is 0 Å². The maximum Gasteiger partial charge on any atom is 0.0126 e. The highest BCUT2D eigenvalue weighted by atomic mass is 15.2. The van der Waals surface area contributed by atoms with Gasteiger partial charge in [0.2, 0.25) is 0 Å². The van der Waals surface area contributed by atoms with Crippen molar-refractivity contribution in [2.75, 3.05) is 13.1 Å². The summed E-state index contributed by atoms with van der Waals surface area (Å²) < 4.78 is 0. The molecule has 1 nitrogen and oxygen atoms in total. The van der Waals surface area contributed by atoms with E-state index >= 15 is 0 Å². The smallest absolute Gasteiger partial charge is 0.0126 e. The van der Waals surface area contributed by atoms with Crippen molar-refractivity contribution >= 4 is 0 Å². The molecule has 2 saturated carbocycles. The molecule has 3 rings (SSSR count). The molecular weight excluding hydrogens is 146 g/mol. The molecule has 1 aliphatic heterocycles. The minimum absolute atomic E-state index is 1.02. The summed E-state index contributed by atoms with van der Waals surface area (Å²) >= 11 is 0. The molecule has 3 atom stereocenters. The lowest BCUT2D eigenvalue weighted by Gasteiger charge is -2.30. The minimum atomic E-state index is 1.02. The van der Waals surface area contributed by atoms with Crippen molar-refractivity contribution < 1.29 is 0 Å². The second-order valence-corrected chi connectivity index (χ2v) is 4.99. The largest absolute Gasteiger partial charge is 0.300 e. The maximum absolute atomic E-state index is 2.78. The lowest BCUT2D eigenvalue weighted by atomic mass is 9.94. The van der Waals surface area contributed by atoms with Crippen molar-refractivity contribution in [1.29, 1.82) is 0 Å². The van der Waals surface area contributed by atoms with Gasteiger partial charge in [0, 0.05) is 6.04 Å². The van der Waals surface area contributed by atoms with Crippen LogP contribution in [0.5, 0.6) is 0 Å². The molecule has 2 bridgehead atoms. The highest BCUT2D eigenvalue weighted by Gasteiger charge is 2.42. The summed E-state index contributed by atoms with van der Waals surface area (Å²) in [7, 11) is 0. The van der Waals surface area contributed by atoms with Crippen molar-refractivity contribution in [2.45, 2.75) is 44.6 Å². The van der Waals surface area contributed by atoms with Gasteiger partial charge >= 0.3 is 0 Å². The lowest BCUT2D eigenvalue weighted by Crippen LogP contribution is -2.36. The first-order valence-electron chi connectivity index (χ1n) is 5.67. The Balaban J connectivity index is 1.69. The topological polar surface area (TPSA) is 3.24 Å². The highest BCUT2D eigenvalue weighted by Crippen LogP contribution is 2.47. The van der Waals surface area contributed by atoms with E-state index in [1.807, 2.05) is 0 Å². The summed E-state index contributed by atoms with van der Waals surface area (Å²) in [5, 5.41) is 0. The highest BCUT2D eigenvalue weighted by molar-refractivity contribution is 4.96. The SMILES string of the molecule is C1CCN([C@H]2C[C@H]3CC[C@@H]2C3)C1. The summed E-state index contributed by atoms with van der Waals surface area (Å²) in [6, 6.07) is 1.02. The standard InChI is InChI=1S/C11H19N/c1-2-6-12(5-1)11-8-9-3-4-10(11)7-9/h9-11H,1-8H2/t9-,10+,11-/m0/s1. The first-order valence-corrected chi connectivity index (χ1v) is 5.67. The van der Waals surface area contributed by atoms with E-state index in [-0.39, 0.29) is 0 Å². The average molecular weight is 165 g/mol. The first kappa shape index (κ1) is 7.37. The third-order valence-electron chi connectivity index (χ3n) is 4.31. The van der Waals surface area contributed by atoms with E-state index in [1.165, 1.54) is 25.9 Å². The Hall–Kier alpha value is -0.0400. The molecule has 0 spiro atoms. The number of rotatable bonds is 1. The Morgan fingerprint density at radius 1 is 0.917 bits per heavy atom. The van der Waals surface area contributed by atoms with Crippen LogP contribution in [0.15, 0.2) is 0 Å². The van der Waals surface area contributed by atoms with Gasteiger partial charge in [-0.05, 0) is 57.0 Å². The molecule has 2 aliphatic carbocycles. The Morgan fingerprint density at radius 3 is 2.33 bits per heavy atom. The van der Waals surface area contributed by atoms with Crippen LogP contribution in [0.1, 0.15) is 38.5 Å². The van der Waals surface area contributed by atoms with Crippen LogP contribution in [-0.2, 0) is 0 Å². The summed E-state index contributed by atoms with van der Waals surface area (Å²) in [6.07, 6.45) is 9.15. The Labute approximate surface area is 75.1 Å². The van der Waals surface area contributed by atoms with Crippen LogP contribution in [0.25, 0.3) is 0 Å². The van der Waals surface area contributed by atoms with Crippen LogP contribution < -0.4 is 0 Å². The molecule has 12 heavy (non-hydrogen) atoms. The van der Waals surface area contributed by atoms with Gasteiger partial charge in [-0.25, -0.2) is 0 Å². The van der Waals surface area contributed by atoms with E-state index in [0.29, 0.717) is 0 Å². The minimum Gasteiger partial charge on any atom is -0.300 e. The molecule has 0 radical (unpaired) electrons. The van der Waals surface area contributed by atoms with E-state index in [2.05, 4.69) is 4.90 Å². The third-order valence-corrected chi connectivity index (χ3v) is 4.31. The molecule has 1 saturated heterocycles. The van der Waals surface area contributed by atoms with Crippen LogP contribution in [0.2, 0.25) is 0 Å². The fraction of sp³-hybridized carbons (Fsp3) is 1.00. The van der Waals surface area contributed by atoms with Crippen LogP contribution in [0, 0.1) is 11.8 Å². The number of hydrogen-bond acceptors (Lipinski definition) is 1. The molecule has 0 amide bonds. The number of nitrogens with zero attached hydrogens (tertiary/aromatic N) is 1. The number of likely N-dealkylation sites (tertiary alicyclic amines) is 1. The quantitative estimate of drug-likeness (QED) is 0.576. The molecule has 0 aromatic heterocycles. The van der Waals surface area contributed by atoms with Crippen LogP contribution in [0.3, 0.4) is 0 Å². The summed E-state index contributed by atoms with van der Waals surface area (Å²) in [6.45, 7) is 2.82. The van der Waals surface area contributed by atoms with Crippen molar-refractivity contribution in [3.63, 3.8) is 0 Å². The first-order chi connectivity index (χ1) is 5.93. The van der Waals surface area contributed by atoms with E-state index in [1.54, 1.807) is 25.7 Å². The van der Waals surface area contributed by atoms with E-state index in [4.69, 9.17) is 0 Å². The summed E-state index contributed by atoms with van der Waals surface area (Å²) in [4.78, 5) is 2.78. The van der Waals surface area contributed by atoms with Crippen molar-refractivity contribution in [2.24, 2.45) is 11.8 Å². The monoisotopic (exact) mass is 165 g/mol. The number of fused-ring (bicyclic) bond motifs is 2. The van der Waals surface area contributed by atoms with Gasteiger partial charge in [-0.15, -0.1) is 0 Å². The fourth-order valence-electron chi connectivity index (χ4n) is 3.73. The molecule has 0 aromatic carbocycles. The summed E-state index contributed by atoms with van der Waals surface area (Å²) in [5.41, 5.74) is 0. The second-order valence-electron chi connectivity index (χ2n) is 4.99. The van der Waals surface area contributed by atoms with Crippen LogP contribution in [-0.4, -0.2) is 24.0 Å². The van der Waals surface area contributed by atoms with Crippen molar-refractivity contribution in [3.05, 3.63) is 0 Å². The predicted molar refractivity (Wildman–Crippen MR) is 50.0 cm³/mol. The van der Waals surface area contributed by atoms with E-state index < -0.39 is 0 Å². The molecule has 1 heterocycles. The van der Waals surface area contributed by atoms with Crippen molar-refractivity contribution in [3.8, 4) is 0 Å². The molecule has 68 valence electrons. The molecule has 3 fully saturated rings. The second kappa shape index (κ2) is 2.73. The zero-order chi connectivity index (χ0) is 7.97. The van der Waals surface area contributed by atoms with Gasteiger partial charge < -0.3 is 4.90 Å². The molecule has 3 aliphatic rings. The lowest BCUT2D eigenvalue weighted by molar-refractivity contribution is 0.175. The Kier molecular flexibility index (Phi) is 1.68. The third kappa shape index (κ3) is 1.02. The number of hydrogen-bond donors (Lipinski definition) is 0. The fourth-order valence-corrected chi connectivity index (χ4v) is 3.73. The zero-order valence-electron chi connectivity index (χ0n) is 7.84. The van der Waals surface area contributed by atoms with Crippen LogP contribution >= 0.6 is 0 Å². The van der Waals surface area contributed by atoms with Crippen molar-refractivity contribution in [1.82, 2.24) is 4.90 Å². The van der Waals surface area contributed by atoms with Gasteiger partial charge in [0.05, 0.1) is 0 Å². The van der Waals surface area contributed by atoms with Gasteiger partial charge in [-0.3, -0.25) is 0 Å². The Morgan fingerprint density at radius 2 is 1.75 bits per heavy atom. The van der Waals surface area contributed by atoms with E-state index in [9.17, 15) is 0 Å². The average Bonchev–Trinajstić information content (AvgIpc) is 2.81. The molecule has 0 aromatic rings. The molecule has 0 N–H and O–H groups in total. The summed E-state index contributed by atoms with van der Waals surface area (Å²) in [5.74, 6) is 2.23. The van der Waals surface area contributed by atoms with Gasteiger partial charge in [-0.2, -0.15) is 0 Å². The molecular formula is C11H19N. The maximum atomic E-state index is 2.78. The zero-order valence-corrected chi connectivity index (χ0v) is 7.84. The normalized spacial score (nSPS) is 47.5. The van der Waals surface area contributed by atoms with Gasteiger partial charge in [-0.1, -0.05) is 6.42 Å². The molecule has 1 heteroatoms.